The predicted molar refractivity (Wildman–Crippen MR) is 80.7 cm³/mol. The Morgan fingerprint density at radius 1 is 1.29 bits per heavy atom. The van der Waals surface area contributed by atoms with E-state index >= 15 is 0 Å². The Hall–Kier alpha value is -1.37. The quantitative estimate of drug-likeness (QED) is 0.844. The summed E-state index contributed by atoms with van der Waals surface area (Å²) in [6.45, 7) is 8.75. The Labute approximate surface area is 125 Å². The number of furan rings is 1. The number of aryl methyl sites for hydroxylation is 1. The lowest BCUT2D eigenvalue weighted by Gasteiger charge is -2.34. The predicted octanol–water partition coefficient (Wildman–Crippen LogP) is 0.965. The molecule has 1 aliphatic rings. The van der Waals surface area contributed by atoms with E-state index in [9.17, 15) is 4.79 Å². The van der Waals surface area contributed by atoms with Crippen LogP contribution < -0.4 is 0 Å². The molecule has 0 aromatic carbocycles. The molecule has 0 spiro atoms. The van der Waals surface area contributed by atoms with Crippen LogP contribution in [0.25, 0.3) is 0 Å². The number of carboxylic acids is 1. The number of nitrogens with zero attached hydrogens (tertiary/aromatic N) is 3. The highest BCUT2D eigenvalue weighted by molar-refractivity contribution is 5.86. The molecule has 1 aromatic rings. The largest absolute Gasteiger partial charge is 0.475 e. The van der Waals surface area contributed by atoms with Gasteiger partial charge < -0.3 is 14.4 Å². The first-order valence-electron chi connectivity index (χ1n) is 7.37. The number of rotatable bonds is 6. The van der Waals surface area contributed by atoms with Crippen molar-refractivity contribution in [2.75, 3.05) is 53.4 Å². The summed E-state index contributed by atoms with van der Waals surface area (Å²) in [5, 5.41) is 9.01. The summed E-state index contributed by atoms with van der Waals surface area (Å²) in [6.07, 6.45) is 0. The molecule has 0 saturated carbocycles. The third kappa shape index (κ3) is 4.56. The van der Waals surface area contributed by atoms with E-state index in [2.05, 4.69) is 28.8 Å². The summed E-state index contributed by atoms with van der Waals surface area (Å²) in [4.78, 5) is 18.0. The molecular formula is C15H25N3O3. The first-order chi connectivity index (χ1) is 9.95. The topological polar surface area (TPSA) is 60.2 Å². The van der Waals surface area contributed by atoms with E-state index in [0.29, 0.717) is 12.1 Å². The van der Waals surface area contributed by atoms with Crippen LogP contribution in [0.3, 0.4) is 0 Å². The highest BCUT2D eigenvalue weighted by Gasteiger charge is 2.20. The van der Waals surface area contributed by atoms with Crippen LogP contribution in [0.2, 0.25) is 0 Å². The van der Waals surface area contributed by atoms with Crippen LogP contribution in [0.1, 0.15) is 21.9 Å². The molecule has 2 heterocycles. The molecule has 21 heavy (non-hydrogen) atoms. The number of hydrogen-bond donors (Lipinski definition) is 1. The van der Waals surface area contributed by atoms with Gasteiger partial charge in [-0.3, -0.25) is 9.80 Å². The minimum atomic E-state index is -0.993. The zero-order valence-electron chi connectivity index (χ0n) is 13.1. The molecule has 0 radical (unpaired) electrons. The molecule has 1 saturated heterocycles. The van der Waals surface area contributed by atoms with Gasteiger partial charge in [0.15, 0.2) is 0 Å². The fraction of sp³-hybridized carbons (Fsp3) is 0.667. The van der Waals surface area contributed by atoms with Crippen molar-refractivity contribution in [3.05, 3.63) is 23.2 Å². The minimum Gasteiger partial charge on any atom is -0.475 e. The summed E-state index contributed by atoms with van der Waals surface area (Å²) < 4.78 is 5.42. The average molecular weight is 295 g/mol. The van der Waals surface area contributed by atoms with E-state index in [1.165, 1.54) is 0 Å². The van der Waals surface area contributed by atoms with Gasteiger partial charge in [-0.05, 0) is 27.1 Å². The minimum absolute atomic E-state index is 0.0645. The van der Waals surface area contributed by atoms with Crippen molar-refractivity contribution in [3.8, 4) is 0 Å². The number of carbonyl (C=O) groups is 1. The van der Waals surface area contributed by atoms with E-state index in [0.717, 1.165) is 45.0 Å². The van der Waals surface area contributed by atoms with Crippen LogP contribution in [0.4, 0.5) is 0 Å². The third-order valence-corrected chi connectivity index (χ3v) is 3.87. The standard InChI is InChI=1S/C15H25N3O3/c1-12-10-13(21-14(12)15(19)20)11-18-8-6-17(7-9-18)5-4-16(2)3/h10H,4-9,11H2,1-3H3,(H,19,20). The summed E-state index contributed by atoms with van der Waals surface area (Å²) >= 11 is 0. The molecule has 0 bridgehead atoms. The molecule has 118 valence electrons. The van der Waals surface area contributed by atoms with Crippen LogP contribution in [0, 0.1) is 6.92 Å². The molecule has 1 aromatic heterocycles. The second-order valence-corrected chi connectivity index (χ2v) is 5.95. The van der Waals surface area contributed by atoms with Crippen molar-refractivity contribution in [2.45, 2.75) is 13.5 Å². The molecule has 0 aliphatic carbocycles. The van der Waals surface area contributed by atoms with Crippen LogP contribution in [0.15, 0.2) is 10.5 Å². The second-order valence-electron chi connectivity index (χ2n) is 5.95. The van der Waals surface area contributed by atoms with Gasteiger partial charge >= 0.3 is 5.97 Å². The van der Waals surface area contributed by atoms with Crippen LogP contribution >= 0.6 is 0 Å². The van der Waals surface area contributed by atoms with Crippen LogP contribution in [-0.2, 0) is 6.54 Å². The number of aromatic carboxylic acids is 1. The Morgan fingerprint density at radius 2 is 1.90 bits per heavy atom. The third-order valence-electron chi connectivity index (χ3n) is 3.87. The maximum atomic E-state index is 11.0. The fourth-order valence-electron chi connectivity index (χ4n) is 2.57. The van der Waals surface area contributed by atoms with E-state index < -0.39 is 5.97 Å². The van der Waals surface area contributed by atoms with Gasteiger partial charge in [0.05, 0.1) is 6.54 Å². The van der Waals surface area contributed by atoms with Crippen molar-refractivity contribution in [1.82, 2.24) is 14.7 Å². The Kier molecular flexibility index (Phi) is 5.39. The summed E-state index contributed by atoms with van der Waals surface area (Å²) in [7, 11) is 4.19. The van der Waals surface area contributed by atoms with E-state index in [1.807, 2.05) is 6.07 Å². The lowest BCUT2D eigenvalue weighted by molar-refractivity contribution is 0.0654. The maximum absolute atomic E-state index is 11.0. The van der Waals surface area contributed by atoms with Crippen molar-refractivity contribution < 1.29 is 14.3 Å². The van der Waals surface area contributed by atoms with Gasteiger partial charge in [-0.1, -0.05) is 0 Å². The highest BCUT2D eigenvalue weighted by Crippen LogP contribution is 2.17. The van der Waals surface area contributed by atoms with Gasteiger partial charge in [0.2, 0.25) is 5.76 Å². The zero-order chi connectivity index (χ0) is 15.4. The first kappa shape index (κ1) is 16.0. The Morgan fingerprint density at radius 3 is 2.43 bits per heavy atom. The fourth-order valence-corrected chi connectivity index (χ4v) is 2.57. The van der Waals surface area contributed by atoms with Crippen LogP contribution in [-0.4, -0.2) is 79.1 Å². The SMILES string of the molecule is Cc1cc(CN2CCN(CCN(C)C)CC2)oc1C(=O)O. The van der Waals surface area contributed by atoms with Gasteiger partial charge in [0.25, 0.3) is 0 Å². The zero-order valence-corrected chi connectivity index (χ0v) is 13.1. The maximum Gasteiger partial charge on any atom is 0.372 e. The lowest BCUT2D eigenvalue weighted by atomic mass is 10.2. The summed E-state index contributed by atoms with van der Waals surface area (Å²) in [5.41, 5.74) is 0.696. The van der Waals surface area contributed by atoms with Crippen molar-refractivity contribution in [3.63, 3.8) is 0 Å². The molecule has 1 aliphatic heterocycles. The van der Waals surface area contributed by atoms with Crippen molar-refractivity contribution >= 4 is 5.97 Å². The Balaban J connectivity index is 1.81. The van der Waals surface area contributed by atoms with E-state index in [-0.39, 0.29) is 5.76 Å². The number of likely N-dealkylation sites (N-methyl/N-ethyl adjacent to an activating group) is 1. The average Bonchev–Trinajstić information content (AvgIpc) is 2.79. The number of piperazine rings is 1. The molecule has 1 N–H and O–H groups in total. The summed E-state index contributed by atoms with van der Waals surface area (Å²) in [6, 6.07) is 1.84. The first-order valence-corrected chi connectivity index (χ1v) is 7.37. The molecule has 1 fully saturated rings. The van der Waals surface area contributed by atoms with Gasteiger partial charge in [-0.25, -0.2) is 4.79 Å². The van der Waals surface area contributed by atoms with Crippen molar-refractivity contribution in [1.29, 1.82) is 0 Å². The van der Waals surface area contributed by atoms with Crippen LogP contribution in [0.5, 0.6) is 0 Å². The van der Waals surface area contributed by atoms with Gasteiger partial charge in [0, 0.05) is 44.8 Å². The molecular weight excluding hydrogens is 270 g/mol. The molecule has 6 heteroatoms. The molecule has 0 atom stereocenters. The van der Waals surface area contributed by atoms with E-state index in [4.69, 9.17) is 9.52 Å². The Bertz CT molecular complexity index is 477. The summed E-state index contributed by atoms with van der Waals surface area (Å²) in [5.74, 6) is -0.187. The van der Waals surface area contributed by atoms with Crippen molar-refractivity contribution in [2.24, 2.45) is 0 Å². The smallest absolute Gasteiger partial charge is 0.372 e. The molecule has 0 amide bonds. The molecule has 2 rings (SSSR count). The monoisotopic (exact) mass is 295 g/mol. The van der Waals surface area contributed by atoms with Gasteiger partial charge in [-0.2, -0.15) is 0 Å². The molecule has 6 nitrogen and oxygen atoms in total. The number of hydrogen-bond acceptors (Lipinski definition) is 5. The number of carboxylic acid groups (broad SMARTS) is 1. The van der Waals surface area contributed by atoms with E-state index in [1.54, 1.807) is 6.92 Å². The highest BCUT2D eigenvalue weighted by atomic mass is 16.4. The normalized spacial score (nSPS) is 17.5. The van der Waals surface area contributed by atoms with Gasteiger partial charge in [-0.15, -0.1) is 0 Å². The molecule has 0 unspecified atom stereocenters. The lowest BCUT2D eigenvalue weighted by Crippen LogP contribution is -2.47. The second kappa shape index (κ2) is 7.06. The van der Waals surface area contributed by atoms with Gasteiger partial charge in [0.1, 0.15) is 5.76 Å².